The molecule has 4 rings (SSSR count). The lowest BCUT2D eigenvalue weighted by molar-refractivity contribution is 0.122. The molecular weight excluding hydrogens is 343 g/mol. The zero-order valence-electron chi connectivity index (χ0n) is 13.9. The quantitative estimate of drug-likeness (QED) is 0.839. The highest BCUT2D eigenvalue weighted by atomic mass is 35.5. The molecule has 1 aromatic heterocycles. The third-order valence-corrected chi connectivity index (χ3v) is 4.99. The van der Waals surface area contributed by atoms with Gasteiger partial charge in [0.1, 0.15) is 5.82 Å². The molecule has 0 atom stereocenters. The minimum Gasteiger partial charge on any atom is -0.378 e. The summed E-state index contributed by atoms with van der Waals surface area (Å²) in [5, 5.41) is 0.164. The van der Waals surface area contributed by atoms with E-state index in [0.717, 1.165) is 68.6 Å². The van der Waals surface area contributed by atoms with Crippen molar-refractivity contribution in [3.05, 3.63) is 52.1 Å². The first-order chi connectivity index (χ1) is 12.2. The second-order valence-electron chi connectivity index (χ2n) is 6.45. The highest BCUT2D eigenvalue weighted by Crippen LogP contribution is 2.22. The first kappa shape index (κ1) is 16.7. The van der Waals surface area contributed by atoms with E-state index in [4.69, 9.17) is 21.3 Å². The number of ether oxygens (including phenoxy) is 1. The van der Waals surface area contributed by atoms with Gasteiger partial charge in [-0.05, 0) is 17.7 Å². The Balaban J connectivity index is 1.45. The summed E-state index contributed by atoms with van der Waals surface area (Å²) in [5.74, 6) is 0.435. The Kier molecular flexibility index (Phi) is 4.83. The summed E-state index contributed by atoms with van der Waals surface area (Å²) in [4.78, 5) is 13.8. The van der Waals surface area contributed by atoms with Crippen LogP contribution < -0.4 is 4.90 Å². The summed E-state index contributed by atoms with van der Waals surface area (Å²) in [6.45, 7) is 5.51. The van der Waals surface area contributed by atoms with E-state index in [-0.39, 0.29) is 10.8 Å². The molecule has 2 aliphatic rings. The van der Waals surface area contributed by atoms with Gasteiger partial charge in [-0.1, -0.05) is 17.7 Å². The van der Waals surface area contributed by atoms with Crippen molar-refractivity contribution in [1.29, 1.82) is 0 Å². The zero-order chi connectivity index (χ0) is 17.2. The van der Waals surface area contributed by atoms with Crippen molar-refractivity contribution < 1.29 is 9.13 Å². The van der Waals surface area contributed by atoms with E-state index in [1.807, 2.05) is 12.3 Å². The number of halogens is 2. The number of hydrogen-bond acceptors (Lipinski definition) is 5. The van der Waals surface area contributed by atoms with E-state index in [1.54, 1.807) is 6.07 Å². The van der Waals surface area contributed by atoms with Crippen molar-refractivity contribution in [2.75, 3.05) is 37.7 Å². The molecule has 0 unspecified atom stereocenters. The fraction of sp³-hybridized carbons (Fsp3) is 0.444. The number of morpholine rings is 1. The number of hydrogen-bond donors (Lipinski definition) is 0. The van der Waals surface area contributed by atoms with Crippen LogP contribution in [0.2, 0.25) is 5.02 Å². The van der Waals surface area contributed by atoms with Gasteiger partial charge in [-0.25, -0.2) is 14.4 Å². The van der Waals surface area contributed by atoms with Gasteiger partial charge < -0.3 is 9.64 Å². The highest BCUT2D eigenvalue weighted by Gasteiger charge is 2.21. The maximum Gasteiger partial charge on any atom is 0.225 e. The molecule has 0 bridgehead atoms. The monoisotopic (exact) mass is 362 g/mol. The van der Waals surface area contributed by atoms with Crippen molar-refractivity contribution in [2.45, 2.75) is 19.5 Å². The van der Waals surface area contributed by atoms with Gasteiger partial charge in [0.05, 0.1) is 23.9 Å². The van der Waals surface area contributed by atoms with Gasteiger partial charge in [-0.3, -0.25) is 4.90 Å². The normalized spacial score (nSPS) is 18.2. The Bertz CT molecular complexity index is 767. The second-order valence-corrected chi connectivity index (χ2v) is 6.86. The van der Waals surface area contributed by atoms with Gasteiger partial charge in [-0.15, -0.1) is 0 Å². The summed E-state index contributed by atoms with van der Waals surface area (Å²) in [5.41, 5.74) is 3.20. The Morgan fingerprint density at radius 1 is 1.20 bits per heavy atom. The molecule has 1 saturated heterocycles. The van der Waals surface area contributed by atoms with Crippen LogP contribution in [0.1, 0.15) is 16.8 Å². The molecule has 2 aromatic rings. The Morgan fingerprint density at radius 2 is 2.04 bits per heavy atom. The minimum absolute atomic E-state index is 0.164. The van der Waals surface area contributed by atoms with Gasteiger partial charge in [-0.2, -0.15) is 0 Å². The van der Waals surface area contributed by atoms with Crippen molar-refractivity contribution in [3.8, 4) is 0 Å². The molecule has 132 valence electrons. The van der Waals surface area contributed by atoms with E-state index in [9.17, 15) is 4.39 Å². The molecule has 3 heterocycles. The van der Waals surface area contributed by atoms with Crippen molar-refractivity contribution >= 4 is 17.5 Å². The second kappa shape index (κ2) is 7.23. The van der Waals surface area contributed by atoms with Gasteiger partial charge >= 0.3 is 0 Å². The standard InChI is InChI=1S/C18H20ClFN4O/c19-15-2-1-13(9-16(15)20)11-23-4-3-17-14(12-23)10-21-18(22-17)24-5-7-25-8-6-24/h1-2,9-10H,3-8,11-12H2. The summed E-state index contributed by atoms with van der Waals surface area (Å²) >= 11 is 5.75. The van der Waals surface area contributed by atoms with E-state index in [1.165, 1.54) is 6.07 Å². The molecule has 1 fully saturated rings. The topological polar surface area (TPSA) is 41.5 Å². The average Bonchev–Trinajstić information content (AvgIpc) is 2.65. The van der Waals surface area contributed by atoms with E-state index in [0.29, 0.717) is 6.54 Å². The molecule has 1 aromatic carbocycles. The van der Waals surface area contributed by atoms with Crippen LogP contribution in [0.5, 0.6) is 0 Å². The van der Waals surface area contributed by atoms with E-state index >= 15 is 0 Å². The predicted octanol–water partition coefficient (Wildman–Crippen LogP) is 2.66. The van der Waals surface area contributed by atoms with Crippen LogP contribution in [-0.2, 0) is 24.2 Å². The number of fused-ring (bicyclic) bond motifs is 1. The molecule has 0 amide bonds. The number of rotatable bonds is 3. The zero-order valence-corrected chi connectivity index (χ0v) is 14.7. The van der Waals surface area contributed by atoms with Crippen LogP contribution >= 0.6 is 11.6 Å². The number of anilines is 1. The fourth-order valence-electron chi connectivity index (χ4n) is 3.31. The van der Waals surface area contributed by atoms with Crippen LogP contribution in [0.3, 0.4) is 0 Å². The summed E-state index contributed by atoms with van der Waals surface area (Å²) < 4.78 is 19.0. The van der Waals surface area contributed by atoms with Crippen molar-refractivity contribution in [1.82, 2.24) is 14.9 Å². The lowest BCUT2D eigenvalue weighted by Crippen LogP contribution is -2.38. The van der Waals surface area contributed by atoms with Crippen LogP contribution in [-0.4, -0.2) is 47.7 Å². The van der Waals surface area contributed by atoms with Crippen molar-refractivity contribution in [3.63, 3.8) is 0 Å². The van der Waals surface area contributed by atoms with Gasteiger partial charge in [0.2, 0.25) is 5.95 Å². The molecule has 7 heteroatoms. The first-order valence-electron chi connectivity index (χ1n) is 8.53. The molecule has 0 spiro atoms. The van der Waals surface area contributed by atoms with Gasteiger partial charge in [0.15, 0.2) is 0 Å². The molecular formula is C18H20ClFN4O. The molecule has 0 saturated carbocycles. The van der Waals surface area contributed by atoms with Crippen LogP contribution in [0.25, 0.3) is 0 Å². The molecule has 0 aliphatic carbocycles. The summed E-state index contributed by atoms with van der Waals surface area (Å²) in [7, 11) is 0. The molecule has 5 nitrogen and oxygen atoms in total. The Morgan fingerprint density at radius 3 is 2.84 bits per heavy atom. The molecule has 0 radical (unpaired) electrons. The SMILES string of the molecule is Fc1cc(CN2CCc3nc(N4CCOCC4)ncc3C2)ccc1Cl. The highest BCUT2D eigenvalue weighted by molar-refractivity contribution is 6.30. The Labute approximate surface area is 151 Å². The lowest BCUT2D eigenvalue weighted by atomic mass is 10.1. The van der Waals surface area contributed by atoms with E-state index in [2.05, 4.69) is 14.8 Å². The van der Waals surface area contributed by atoms with Crippen LogP contribution in [0, 0.1) is 5.82 Å². The predicted molar refractivity (Wildman–Crippen MR) is 94.3 cm³/mol. The maximum atomic E-state index is 13.6. The number of aromatic nitrogens is 2. The first-order valence-corrected chi connectivity index (χ1v) is 8.90. The molecule has 0 N–H and O–H groups in total. The van der Waals surface area contributed by atoms with Gasteiger partial charge in [0.25, 0.3) is 0 Å². The van der Waals surface area contributed by atoms with Gasteiger partial charge in [0, 0.05) is 50.9 Å². The number of benzene rings is 1. The smallest absolute Gasteiger partial charge is 0.225 e. The third kappa shape index (κ3) is 3.76. The largest absolute Gasteiger partial charge is 0.378 e. The Hall–Kier alpha value is -1.76. The van der Waals surface area contributed by atoms with E-state index < -0.39 is 0 Å². The average molecular weight is 363 g/mol. The van der Waals surface area contributed by atoms with Crippen LogP contribution in [0.4, 0.5) is 10.3 Å². The lowest BCUT2D eigenvalue weighted by Gasteiger charge is -2.30. The third-order valence-electron chi connectivity index (χ3n) is 4.68. The van der Waals surface area contributed by atoms with Crippen LogP contribution in [0.15, 0.2) is 24.4 Å². The summed E-state index contributed by atoms with van der Waals surface area (Å²) in [6.07, 6.45) is 2.81. The fourth-order valence-corrected chi connectivity index (χ4v) is 3.43. The van der Waals surface area contributed by atoms with Crippen molar-refractivity contribution in [2.24, 2.45) is 0 Å². The maximum absolute atomic E-state index is 13.6. The summed E-state index contributed by atoms with van der Waals surface area (Å²) in [6, 6.07) is 5.00. The number of nitrogens with zero attached hydrogens (tertiary/aromatic N) is 4. The molecule has 2 aliphatic heterocycles. The molecule has 25 heavy (non-hydrogen) atoms. The minimum atomic E-state index is -0.366.